The molecular formula is C22H25N5O2. The van der Waals surface area contributed by atoms with E-state index in [-0.39, 0.29) is 5.91 Å². The number of nitrogens with one attached hydrogen (secondary N) is 1. The fourth-order valence-electron chi connectivity index (χ4n) is 3.26. The molecule has 0 saturated carbocycles. The van der Waals surface area contributed by atoms with Crippen molar-refractivity contribution in [2.75, 3.05) is 11.9 Å². The van der Waals surface area contributed by atoms with Crippen molar-refractivity contribution in [1.29, 1.82) is 0 Å². The molecule has 1 aliphatic rings. The first-order valence-corrected chi connectivity index (χ1v) is 9.75. The molecule has 0 aliphatic carbocycles. The third kappa shape index (κ3) is 4.35. The lowest BCUT2D eigenvalue weighted by Gasteiger charge is -2.28. The van der Waals surface area contributed by atoms with Crippen molar-refractivity contribution in [2.24, 2.45) is 5.41 Å². The highest BCUT2D eigenvalue weighted by atomic mass is 16.3. The maximum Gasteiger partial charge on any atom is 0.229 e. The summed E-state index contributed by atoms with van der Waals surface area (Å²) >= 11 is 0. The Kier molecular flexibility index (Phi) is 5.15. The number of fused-ring (bicyclic) bond motifs is 1. The SMILES string of the molecule is CC(C)(C)C(=O)Nc1ccncc1CN1CCc2nc(-c3ccco3)ncc2C1. The molecule has 3 aromatic rings. The highest BCUT2D eigenvalue weighted by molar-refractivity contribution is 5.95. The summed E-state index contributed by atoms with van der Waals surface area (Å²) in [7, 11) is 0. The fourth-order valence-corrected chi connectivity index (χ4v) is 3.26. The Bertz CT molecular complexity index is 1010. The van der Waals surface area contributed by atoms with Gasteiger partial charge in [0.2, 0.25) is 5.91 Å². The molecule has 3 aromatic heterocycles. The molecular weight excluding hydrogens is 366 g/mol. The van der Waals surface area contributed by atoms with Crippen molar-refractivity contribution in [1.82, 2.24) is 19.9 Å². The Morgan fingerprint density at radius 3 is 2.90 bits per heavy atom. The molecule has 4 heterocycles. The molecule has 0 radical (unpaired) electrons. The van der Waals surface area contributed by atoms with Crippen LogP contribution in [0.4, 0.5) is 5.69 Å². The van der Waals surface area contributed by atoms with Crippen LogP contribution in [-0.4, -0.2) is 32.3 Å². The van der Waals surface area contributed by atoms with Gasteiger partial charge < -0.3 is 9.73 Å². The van der Waals surface area contributed by atoms with Crippen molar-refractivity contribution >= 4 is 11.6 Å². The number of carbonyl (C=O) groups is 1. The van der Waals surface area contributed by atoms with Crippen LogP contribution in [-0.2, 0) is 24.3 Å². The lowest BCUT2D eigenvalue weighted by molar-refractivity contribution is -0.123. The van der Waals surface area contributed by atoms with Gasteiger partial charge in [0, 0.05) is 66.9 Å². The van der Waals surface area contributed by atoms with Gasteiger partial charge in [0.05, 0.1) is 12.0 Å². The minimum atomic E-state index is -0.451. The van der Waals surface area contributed by atoms with Crippen LogP contribution in [0.15, 0.2) is 47.5 Å². The van der Waals surface area contributed by atoms with E-state index in [9.17, 15) is 4.79 Å². The molecule has 0 atom stereocenters. The highest BCUT2D eigenvalue weighted by Gasteiger charge is 2.24. The quantitative estimate of drug-likeness (QED) is 0.730. The Hall–Kier alpha value is -3.06. The predicted octanol–water partition coefficient (Wildman–Crippen LogP) is 3.67. The fraction of sp³-hybridized carbons (Fsp3) is 0.364. The van der Waals surface area contributed by atoms with Gasteiger partial charge in [-0.05, 0) is 18.2 Å². The average molecular weight is 391 g/mol. The van der Waals surface area contributed by atoms with Crippen molar-refractivity contribution < 1.29 is 9.21 Å². The van der Waals surface area contributed by atoms with Gasteiger partial charge in [-0.3, -0.25) is 14.7 Å². The lowest BCUT2D eigenvalue weighted by atomic mass is 9.95. The molecule has 0 bridgehead atoms. The maximum atomic E-state index is 12.4. The van der Waals surface area contributed by atoms with E-state index >= 15 is 0 Å². The smallest absolute Gasteiger partial charge is 0.229 e. The summed E-state index contributed by atoms with van der Waals surface area (Å²) in [6.45, 7) is 8.05. The van der Waals surface area contributed by atoms with Crippen LogP contribution >= 0.6 is 0 Å². The third-order valence-corrected chi connectivity index (χ3v) is 4.98. The second-order valence-electron chi connectivity index (χ2n) is 8.34. The van der Waals surface area contributed by atoms with Crippen molar-refractivity contribution in [3.8, 4) is 11.6 Å². The highest BCUT2D eigenvalue weighted by Crippen LogP contribution is 2.25. The summed E-state index contributed by atoms with van der Waals surface area (Å²) in [6, 6.07) is 5.56. The number of nitrogens with zero attached hydrogens (tertiary/aromatic N) is 4. The number of carbonyl (C=O) groups excluding carboxylic acids is 1. The van der Waals surface area contributed by atoms with Gasteiger partial charge in [-0.25, -0.2) is 9.97 Å². The molecule has 7 heteroatoms. The normalized spacial score (nSPS) is 14.4. The predicted molar refractivity (Wildman–Crippen MR) is 110 cm³/mol. The molecule has 29 heavy (non-hydrogen) atoms. The minimum absolute atomic E-state index is 0.00667. The Labute approximate surface area is 170 Å². The van der Waals surface area contributed by atoms with Crippen LogP contribution < -0.4 is 5.32 Å². The molecule has 7 nitrogen and oxygen atoms in total. The summed E-state index contributed by atoms with van der Waals surface area (Å²) in [5.74, 6) is 1.30. The Morgan fingerprint density at radius 2 is 2.14 bits per heavy atom. The molecule has 0 unspecified atom stereocenters. The third-order valence-electron chi connectivity index (χ3n) is 4.98. The summed E-state index contributed by atoms with van der Waals surface area (Å²) in [6.07, 6.45) is 7.89. The molecule has 0 fully saturated rings. The zero-order valence-corrected chi connectivity index (χ0v) is 17.0. The molecule has 4 rings (SSSR count). The number of aromatic nitrogens is 3. The van der Waals surface area contributed by atoms with Gasteiger partial charge >= 0.3 is 0 Å². The standard InChI is InChI=1S/C22H25N5O2/c1-22(2,3)21(28)26-17-6-8-23-11-15(17)13-27-9-7-18-16(14-27)12-24-20(25-18)19-5-4-10-29-19/h4-6,8,10-12H,7,9,13-14H2,1-3H3,(H,23,26,28). The van der Waals surface area contributed by atoms with Crippen LogP contribution in [0.25, 0.3) is 11.6 Å². The van der Waals surface area contributed by atoms with Gasteiger partial charge in [-0.2, -0.15) is 0 Å². The minimum Gasteiger partial charge on any atom is -0.461 e. The maximum absolute atomic E-state index is 12.4. The molecule has 1 N–H and O–H groups in total. The molecule has 1 amide bonds. The first-order valence-electron chi connectivity index (χ1n) is 9.75. The zero-order chi connectivity index (χ0) is 20.4. The van der Waals surface area contributed by atoms with Crippen molar-refractivity contribution in [3.63, 3.8) is 0 Å². The van der Waals surface area contributed by atoms with Crippen LogP contribution in [0.2, 0.25) is 0 Å². The van der Waals surface area contributed by atoms with Gasteiger partial charge in [0.25, 0.3) is 0 Å². The van der Waals surface area contributed by atoms with Crippen LogP contribution in [0.5, 0.6) is 0 Å². The van der Waals surface area contributed by atoms with Gasteiger partial charge in [0.1, 0.15) is 0 Å². The summed E-state index contributed by atoms with van der Waals surface area (Å²) in [5.41, 5.74) is 3.55. The molecule has 0 saturated heterocycles. The lowest BCUT2D eigenvalue weighted by Crippen LogP contribution is -2.32. The molecule has 1 aliphatic heterocycles. The average Bonchev–Trinajstić information content (AvgIpc) is 3.23. The second kappa shape index (κ2) is 7.75. The van der Waals surface area contributed by atoms with E-state index in [1.807, 2.05) is 51.4 Å². The number of hydrogen-bond acceptors (Lipinski definition) is 6. The van der Waals surface area contributed by atoms with E-state index in [0.717, 1.165) is 42.0 Å². The van der Waals surface area contributed by atoms with E-state index in [4.69, 9.17) is 4.42 Å². The number of rotatable bonds is 4. The molecule has 0 spiro atoms. The van der Waals surface area contributed by atoms with Crippen LogP contribution in [0, 0.1) is 5.41 Å². The van der Waals surface area contributed by atoms with Gasteiger partial charge in [-0.15, -0.1) is 0 Å². The Balaban J connectivity index is 1.48. The summed E-state index contributed by atoms with van der Waals surface area (Å²) in [4.78, 5) is 28.1. The monoisotopic (exact) mass is 391 g/mol. The largest absolute Gasteiger partial charge is 0.461 e. The van der Waals surface area contributed by atoms with Crippen molar-refractivity contribution in [2.45, 2.75) is 40.3 Å². The Morgan fingerprint density at radius 1 is 1.28 bits per heavy atom. The number of anilines is 1. The first kappa shape index (κ1) is 19.3. The molecule has 150 valence electrons. The van der Waals surface area contributed by atoms with Gasteiger partial charge in [0.15, 0.2) is 11.6 Å². The first-order chi connectivity index (χ1) is 13.9. The van der Waals surface area contributed by atoms with E-state index in [0.29, 0.717) is 18.1 Å². The van der Waals surface area contributed by atoms with E-state index in [1.165, 1.54) is 0 Å². The van der Waals surface area contributed by atoms with E-state index in [2.05, 4.69) is 25.2 Å². The number of pyridine rings is 1. The van der Waals surface area contributed by atoms with Crippen molar-refractivity contribution in [3.05, 3.63) is 59.9 Å². The second-order valence-corrected chi connectivity index (χ2v) is 8.34. The van der Waals surface area contributed by atoms with E-state index < -0.39 is 5.41 Å². The van der Waals surface area contributed by atoms with E-state index in [1.54, 1.807) is 12.5 Å². The molecule has 0 aromatic carbocycles. The number of hydrogen-bond donors (Lipinski definition) is 1. The summed E-state index contributed by atoms with van der Waals surface area (Å²) in [5, 5.41) is 3.04. The number of furan rings is 1. The summed E-state index contributed by atoms with van der Waals surface area (Å²) < 4.78 is 5.40. The zero-order valence-electron chi connectivity index (χ0n) is 17.0. The van der Waals surface area contributed by atoms with Crippen LogP contribution in [0.3, 0.4) is 0 Å². The van der Waals surface area contributed by atoms with Crippen LogP contribution in [0.1, 0.15) is 37.6 Å². The van der Waals surface area contributed by atoms with Gasteiger partial charge in [-0.1, -0.05) is 20.8 Å². The topological polar surface area (TPSA) is 84.2 Å². The number of amides is 1.